The zero-order chi connectivity index (χ0) is 19.2. The summed E-state index contributed by atoms with van der Waals surface area (Å²) in [6.07, 6.45) is 0.161. The topological polar surface area (TPSA) is 71.0 Å². The summed E-state index contributed by atoms with van der Waals surface area (Å²) in [4.78, 5) is 13.5. The molecule has 0 aromatic heterocycles. The third-order valence-electron chi connectivity index (χ3n) is 4.56. The maximum absolute atomic E-state index is 11.3. The van der Waals surface area contributed by atoms with E-state index < -0.39 is 6.61 Å². The summed E-state index contributed by atoms with van der Waals surface area (Å²) in [7, 11) is 0. The molecule has 6 nitrogen and oxygen atoms in total. The summed E-state index contributed by atoms with van der Waals surface area (Å²) >= 11 is 0. The summed E-state index contributed by atoms with van der Waals surface area (Å²) in [6.45, 7) is 5.72. The van der Waals surface area contributed by atoms with Crippen LogP contribution in [0, 0.1) is 0 Å². The molecule has 1 heterocycles. The monoisotopic (exact) mass is 370 g/mol. The van der Waals surface area contributed by atoms with E-state index in [1.54, 1.807) is 0 Å². The van der Waals surface area contributed by atoms with Crippen LogP contribution in [-0.4, -0.2) is 43.4 Å². The number of rotatable bonds is 8. The molecule has 6 heteroatoms. The number of amides is 1. The van der Waals surface area contributed by atoms with E-state index in [2.05, 4.69) is 22.3 Å². The molecule has 1 atom stereocenters. The van der Waals surface area contributed by atoms with Gasteiger partial charge in [-0.3, -0.25) is 4.79 Å². The zero-order valence-electron chi connectivity index (χ0n) is 15.7. The molecule has 2 aromatic rings. The lowest BCUT2D eigenvalue weighted by atomic mass is 10.1. The van der Waals surface area contributed by atoms with Gasteiger partial charge in [0.15, 0.2) is 0 Å². The van der Waals surface area contributed by atoms with E-state index in [0.717, 1.165) is 30.2 Å². The number of anilines is 1. The molecule has 3 rings (SSSR count). The SMILES string of the molecule is CCOc1ccc(N2CC(Oc3ccc([C@H](C)NC(=O)CO)cc3)C2)cc1. The van der Waals surface area contributed by atoms with E-state index in [-0.39, 0.29) is 18.1 Å². The molecule has 0 saturated carbocycles. The van der Waals surface area contributed by atoms with Crippen LogP contribution in [0.3, 0.4) is 0 Å². The predicted octanol–water partition coefficient (Wildman–Crippen LogP) is 2.52. The van der Waals surface area contributed by atoms with Crippen LogP contribution in [0.4, 0.5) is 5.69 Å². The number of carbonyl (C=O) groups excluding carboxylic acids is 1. The van der Waals surface area contributed by atoms with E-state index in [0.29, 0.717) is 6.61 Å². The fourth-order valence-electron chi connectivity index (χ4n) is 3.04. The first-order chi connectivity index (χ1) is 13.1. The average Bonchev–Trinajstić information content (AvgIpc) is 2.66. The van der Waals surface area contributed by atoms with Crippen LogP contribution >= 0.6 is 0 Å². The molecular formula is C21H26N2O4. The number of hydrogen-bond acceptors (Lipinski definition) is 5. The number of aliphatic hydroxyl groups excluding tert-OH is 1. The molecule has 0 spiro atoms. The molecule has 1 aliphatic heterocycles. The summed E-state index contributed by atoms with van der Waals surface area (Å²) in [6, 6.07) is 15.6. The van der Waals surface area contributed by atoms with Crippen molar-refractivity contribution in [2.75, 3.05) is 31.2 Å². The lowest BCUT2D eigenvalue weighted by Gasteiger charge is -2.40. The zero-order valence-corrected chi connectivity index (χ0v) is 15.7. The Bertz CT molecular complexity index is 740. The highest BCUT2D eigenvalue weighted by Gasteiger charge is 2.28. The first kappa shape index (κ1) is 19.0. The number of nitrogens with one attached hydrogen (secondary N) is 1. The van der Waals surface area contributed by atoms with Gasteiger partial charge in [0, 0.05) is 5.69 Å². The third-order valence-corrected chi connectivity index (χ3v) is 4.56. The molecule has 1 saturated heterocycles. The van der Waals surface area contributed by atoms with Crippen LogP contribution in [0.25, 0.3) is 0 Å². The van der Waals surface area contributed by atoms with E-state index >= 15 is 0 Å². The smallest absolute Gasteiger partial charge is 0.246 e. The van der Waals surface area contributed by atoms with Crippen LogP contribution in [0.5, 0.6) is 11.5 Å². The van der Waals surface area contributed by atoms with Crippen LogP contribution in [0.1, 0.15) is 25.5 Å². The largest absolute Gasteiger partial charge is 0.494 e. The highest BCUT2D eigenvalue weighted by atomic mass is 16.5. The van der Waals surface area contributed by atoms with Crippen molar-refractivity contribution < 1.29 is 19.4 Å². The fraction of sp³-hybridized carbons (Fsp3) is 0.381. The van der Waals surface area contributed by atoms with E-state index in [1.807, 2.05) is 50.2 Å². The fourth-order valence-corrected chi connectivity index (χ4v) is 3.04. The average molecular weight is 370 g/mol. The Hall–Kier alpha value is -2.73. The number of ether oxygens (including phenoxy) is 2. The molecular weight excluding hydrogens is 344 g/mol. The predicted molar refractivity (Wildman–Crippen MR) is 104 cm³/mol. The maximum atomic E-state index is 11.3. The molecule has 144 valence electrons. The molecule has 27 heavy (non-hydrogen) atoms. The summed E-state index contributed by atoms with van der Waals surface area (Å²) < 4.78 is 11.5. The van der Waals surface area contributed by atoms with Crippen molar-refractivity contribution in [3.63, 3.8) is 0 Å². The summed E-state index contributed by atoms with van der Waals surface area (Å²) in [5, 5.41) is 11.5. The van der Waals surface area contributed by atoms with Crippen molar-refractivity contribution in [2.24, 2.45) is 0 Å². The molecule has 1 fully saturated rings. The van der Waals surface area contributed by atoms with Gasteiger partial charge in [-0.1, -0.05) is 12.1 Å². The van der Waals surface area contributed by atoms with Crippen LogP contribution < -0.4 is 19.7 Å². The van der Waals surface area contributed by atoms with Crippen molar-refractivity contribution in [2.45, 2.75) is 26.0 Å². The molecule has 1 amide bonds. The van der Waals surface area contributed by atoms with Crippen LogP contribution in [-0.2, 0) is 4.79 Å². The second kappa shape index (κ2) is 8.77. The minimum atomic E-state index is -0.502. The molecule has 0 aliphatic carbocycles. The Balaban J connectivity index is 1.47. The molecule has 2 N–H and O–H groups in total. The van der Waals surface area contributed by atoms with Gasteiger partial charge >= 0.3 is 0 Å². The Morgan fingerprint density at radius 2 is 1.78 bits per heavy atom. The van der Waals surface area contributed by atoms with E-state index in [4.69, 9.17) is 14.6 Å². The van der Waals surface area contributed by atoms with Crippen molar-refractivity contribution in [1.82, 2.24) is 5.32 Å². The number of carbonyl (C=O) groups is 1. The van der Waals surface area contributed by atoms with Crippen molar-refractivity contribution in [1.29, 1.82) is 0 Å². The first-order valence-electron chi connectivity index (χ1n) is 9.23. The Morgan fingerprint density at radius 3 is 2.37 bits per heavy atom. The van der Waals surface area contributed by atoms with Gasteiger partial charge in [0.25, 0.3) is 0 Å². The molecule has 0 unspecified atom stereocenters. The van der Waals surface area contributed by atoms with Gasteiger partial charge in [-0.15, -0.1) is 0 Å². The van der Waals surface area contributed by atoms with Crippen LogP contribution in [0.15, 0.2) is 48.5 Å². The Labute approximate surface area is 159 Å². The van der Waals surface area contributed by atoms with Gasteiger partial charge in [-0.05, 0) is 55.8 Å². The molecule has 0 bridgehead atoms. The van der Waals surface area contributed by atoms with Crippen molar-refractivity contribution >= 4 is 11.6 Å². The Morgan fingerprint density at radius 1 is 1.15 bits per heavy atom. The second-order valence-corrected chi connectivity index (χ2v) is 6.59. The van der Waals surface area contributed by atoms with Crippen molar-refractivity contribution in [3.8, 4) is 11.5 Å². The lowest BCUT2D eigenvalue weighted by molar-refractivity contribution is -0.124. The number of benzene rings is 2. The van der Waals surface area contributed by atoms with Gasteiger partial charge in [-0.2, -0.15) is 0 Å². The summed E-state index contributed by atoms with van der Waals surface area (Å²) in [5.74, 6) is 1.32. The highest BCUT2D eigenvalue weighted by molar-refractivity contribution is 5.77. The maximum Gasteiger partial charge on any atom is 0.246 e. The first-order valence-corrected chi connectivity index (χ1v) is 9.23. The third kappa shape index (κ3) is 4.92. The molecule has 2 aromatic carbocycles. The summed E-state index contributed by atoms with van der Waals surface area (Å²) in [5.41, 5.74) is 2.14. The normalized spacial score (nSPS) is 15.0. The highest BCUT2D eigenvalue weighted by Crippen LogP contribution is 2.26. The van der Waals surface area contributed by atoms with Gasteiger partial charge in [0.2, 0.25) is 5.91 Å². The number of aliphatic hydroxyl groups is 1. The van der Waals surface area contributed by atoms with Gasteiger partial charge in [-0.25, -0.2) is 0 Å². The van der Waals surface area contributed by atoms with Crippen molar-refractivity contribution in [3.05, 3.63) is 54.1 Å². The van der Waals surface area contributed by atoms with E-state index in [9.17, 15) is 4.79 Å². The van der Waals surface area contributed by atoms with E-state index in [1.165, 1.54) is 5.69 Å². The second-order valence-electron chi connectivity index (χ2n) is 6.59. The van der Waals surface area contributed by atoms with Gasteiger partial charge in [0.1, 0.15) is 24.2 Å². The number of nitrogens with zero attached hydrogens (tertiary/aromatic N) is 1. The molecule has 1 aliphatic rings. The number of hydrogen-bond donors (Lipinski definition) is 2. The van der Waals surface area contributed by atoms with Gasteiger partial charge in [0.05, 0.1) is 25.7 Å². The minimum absolute atomic E-state index is 0.155. The quantitative estimate of drug-likeness (QED) is 0.747. The standard InChI is InChI=1S/C21H26N2O4/c1-3-26-18-10-6-17(7-11-18)23-12-20(13-23)27-19-8-4-16(5-9-19)15(2)22-21(25)14-24/h4-11,15,20,24H,3,12-14H2,1-2H3,(H,22,25)/t15-/m0/s1. The minimum Gasteiger partial charge on any atom is -0.494 e. The Kier molecular flexibility index (Phi) is 6.19. The van der Waals surface area contributed by atoms with Gasteiger partial charge < -0.3 is 24.8 Å². The molecule has 0 radical (unpaired) electrons. The lowest BCUT2D eigenvalue weighted by Crippen LogP contribution is -2.54. The van der Waals surface area contributed by atoms with Crippen LogP contribution in [0.2, 0.25) is 0 Å².